The van der Waals surface area contributed by atoms with Crippen molar-refractivity contribution < 1.29 is 9.84 Å². The summed E-state index contributed by atoms with van der Waals surface area (Å²) in [5.74, 6) is -1.01. The molecule has 0 aromatic heterocycles. The van der Waals surface area contributed by atoms with E-state index in [-0.39, 0.29) is 0 Å². The van der Waals surface area contributed by atoms with E-state index in [4.69, 9.17) is 10.5 Å². The van der Waals surface area contributed by atoms with Gasteiger partial charge in [-0.05, 0) is 13.3 Å². The van der Waals surface area contributed by atoms with E-state index in [1.807, 2.05) is 13.8 Å². The highest BCUT2D eigenvalue weighted by Gasteiger charge is 2.25. The van der Waals surface area contributed by atoms with Gasteiger partial charge >= 0.3 is 0 Å². The summed E-state index contributed by atoms with van der Waals surface area (Å²) in [7, 11) is 0. The van der Waals surface area contributed by atoms with Crippen LogP contribution in [0.2, 0.25) is 0 Å². The molecule has 0 radical (unpaired) electrons. The van der Waals surface area contributed by atoms with Gasteiger partial charge in [-0.1, -0.05) is 20.3 Å². The lowest BCUT2D eigenvalue weighted by atomic mass is 10.1. The van der Waals surface area contributed by atoms with Crippen molar-refractivity contribution in [3.05, 3.63) is 0 Å². The maximum Gasteiger partial charge on any atom is 0.167 e. The molecule has 0 aromatic carbocycles. The van der Waals surface area contributed by atoms with E-state index in [1.54, 1.807) is 6.92 Å². The maximum atomic E-state index is 9.69. The Morgan fingerprint density at radius 3 is 2.36 bits per heavy atom. The minimum atomic E-state index is -1.01. The predicted molar refractivity (Wildman–Crippen MR) is 44.9 cm³/mol. The Balaban J connectivity index is 3.87. The van der Waals surface area contributed by atoms with E-state index >= 15 is 0 Å². The van der Waals surface area contributed by atoms with Crippen LogP contribution in [0.3, 0.4) is 0 Å². The molecule has 3 heteroatoms. The third kappa shape index (κ3) is 4.35. The Morgan fingerprint density at radius 2 is 2.09 bits per heavy atom. The highest BCUT2D eigenvalue weighted by molar-refractivity contribution is 4.64. The van der Waals surface area contributed by atoms with Crippen LogP contribution in [0.1, 0.15) is 40.0 Å². The van der Waals surface area contributed by atoms with Gasteiger partial charge in [0.25, 0.3) is 0 Å². The lowest BCUT2D eigenvalue weighted by molar-refractivity contribution is -0.230. The summed E-state index contributed by atoms with van der Waals surface area (Å²) in [6.45, 7) is 5.61. The molecule has 2 atom stereocenters. The number of aliphatic hydroxyl groups is 1. The van der Waals surface area contributed by atoms with E-state index in [9.17, 15) is 5.11 Å². The fourth-order valence-electron chi connectivity index (χ4n) is 1.06. The summed E-state index contributed by atoms with van der Waals surface area (Å²) in [6.07, 6.45) is 1.73. The monoisotopic (exact) mass is 161 g/mol. The molecule has 2 unspecified atom stereocenters. The first-order chi connectivity index (χ1) is 5.04. The average molecular weight is 161 g/mol. The van der Waals surface area contributed by atoms with Crippen molar-refractivity contribution in [1.82, 2.24) is 0 Å². The van der Waals surface area contributed by atoms with Gasteiger partial charge in [-0.25, -0.2) is 0 Å². The molecule has 0 fully saturated rings. The van der Waals surface area contributed by atoms with Gasteiger partial charge in [-0.15, -0.1) is 0 Å². The lowest BCUT2D eigenvalue weighted by Crippen LogP contribution is -2.38. The third-order valence-corrected chi connectivity index (χ3v) is 1.60. The molecule has 0 aliphatic carbocycles. The number of hydrogen-bond donors (Lipinski definition) is 2. The van der Waals surface area contributed by atoms with Gasteiger partial charge in [0.05, 0.1) is 0 Å². The zero-order chi connectivity index (χ0) is 8.91. The van der Waals surface area contributed by atoms with Gasteiger partial charge in [-0.2, -0.15) is 0 Å². The molecule has 0 saturated carbocycles. The van der Waals surface area contributed by atoms with Crippen molar-refractivity contribution in [3.63, 3.8) is 0 Å². The quantitative estimate of drug-likeness (QED) is 0.596. The van der Waals surface area contributed by atoms with E-state index < -0.39 is 12.0 Å². The summed E-state index contributed by atoms with van der Waals surface area (Å²) in [4.78, 5) is 0. The van der Waals surface area contributed by atoms with Gasteiger partial charge in [0.15, 0.2) is 5.79 Å². The average Bonchev–Trinajstić information content (AvgIpc) is 1.87. The molecule has 0 aliphatic rings. The molecule has 3 N–H and O–H groups in total. The molecule has 0 aliphatic heterocycles. The molecule has 0 bridgehead atoms. The van der Waals surface area contributed by atoms with Crippen molar-refractivity contribution in [2.24, 2.45) is 5.73 Å². The normalized spacial score (nSPS) is 19.4. The minimum absolute atomic E-state index is 0.397. The Bertz CT molecular complexity index is 106. The molecule has 11 heavy (non-hydrogen) atoms. The SMILES string of the molecule is CCCC(O)(CC)OC(C)N. The van der Waals surface area contributed by atoms with Crippen molar-refractivity contribution in [2.45, 2.75) is 52.0 Å². The topological polar surface area (TPSA) is 55.5 Å². The van der Waals surface area contributed by atoms with E-state index in [0.717, 1.165) is 6.42 Å². The van der Waals surface area contributed by atoms with Crippen LogP contribution in [0.15, 0.2) is 0 Å². The first-order valence-corrected chi connectivity index (χ1v) is 4.20. The zero-order valence-corrected chi connectivity index (χ0v) is 7.63. The highest BCUT2D eigenvalue weighted by Crippen LogP contribution is 2.19. The van der Waals surface area contributed by atoms with Crippen LogP contribution < -0.4 is 5.73 Å². The fraction of sp³-hybridized carbons (Fsp3) is 1.00. The van der Waals surface area contributed by atoms with Crippen LogP contribution in [-0.2, 0) is 4.74 Å². The number of rotatable bonds is 5. The maximum absolute atomic E-state index is 9.69. The molecular weight excluding hydrogens is 142 g/mol. The summed E-state index contributed by atoms with van der Waals surface area (Å²) in [5, 5.41) is 9.69. The van der Waals surface area contributed by atoms with Gasteiger partial charge < -0.3 is 15.6 Å². The lowest BCUT2D eigenvalue weighted by Gasteiger charge is -2.28. The Labute approximate surface area is 68.5 Å². The zero-order valence-electron chi connectivity index (χ0n) is 7.63. The molecular formula is C8H19NO2. The predicted octanol–water partition coefficient (Wildman–Crippen LogP) is 1.21. The highest BCUT2D eigenvalue weighted by atomic mass is 16.6. The first kappa shape index (κ1) is 10.9. The van der Waals surface area contributed by atoms with Crippen LogP contribution in [-0.4, -0.2) is 17.1 Å². The second-order valence-electron chi connectivity index (χ2n) is 2.87. The summed E-state index contributed by atoms with van der Waals surface area (Å²) in [5.41, 5.74) is 5.40. The van der Waals surface area contributed by atoms with Crippen molar-refractivity contribution in [3.8, 4) is 0 Å². The summed E-state index contributed by atoms with van der Waals surface area (Å²) < 4.78 is 5.16. The second-order valence-corrected chi connectivity index (χ2v) is 2.87. The standard InChI is InChI=1S/C8H19NO2/c1-4-6-8(10,5-2)11-7(3)9/h7,10H,4-6,9H2,1-3H3. The second kappa shape index (κ2) is 4.70. The van der Waals surface area contributed by atoms with Crippen molar-refractivity contribution in [2.75, 3.05) is 0 Å². The molecule has 0 saturated heterocycles. The first-order valence-electron chi connectivity index (χ1n) is 4.20. The van der Waals surface area contributed by atoms with E-state index in [0.29, 0.717) is 12.8 Å². The van der Waals surface area contributed by atoms with Crippen LogP contribution in [0.5, 0.6) is 0 Å². The van der Waals surface area contributed by atoms with Crippen LogP contribution in [0, 0.1) is 0 Å². The molecule has 0 aromatic rings. The Kier molecular flexibility index (Phi) is 4.65. The molecule has 3 nitrogen and oxygen atoms in total. The van der Waals surface area contributed by atoms with Crippen LogP contribution >= 0.6 is 0 Å². The van der Waals surface area contributed by atoms with Gasteiger partial charge in [0.1, 0.15) is 6.23 Å². The number of hydrogen-bond acceptors (Lipinski definition) is 3. The largest absolute Gasteiger partial charge is 0.365 e. The smallest absolute Gasteiger partial charge is 0.167 e. The number of ether oxygens (including phenoxy) is 1. The molecule has 0 spiro atoms. The summed E-state index contributed by atoms with van der Waals surface area (Å²) >= 11 is 0. The van der Waals surface area contributed by atoms with E-state index in [1.165, 1.54) is 0 Å². The van der Waals surface area contributed by atoms with Gasteiger partial charge in [0.2, 0.25) is 0 Å². The minimum Gasteiger partial charge on any atom is -0.365 e. The molecule has 0 heterocycles. The molecule has 0 rings (SSSR count). The third-order valence-electron chi connectivity index (χ3n) is 1.60. The fourth-order valence-corrected chi connectivity index (χ4v) is 1.06. The Morgan fingerprint density at radius 1 is 1.55 bits per heavy atom. The molecule has 68 valence electrons. The van der Waals surface area contributed by atoms with Crippen LogP contribution in [0.25, 0.3) is 0 Å². The van der Waals surface area contributed by atoms with Gasteiger partial charge in [0, 0.05) is 6.42 Å². The van der Waals surface area contributed by atoms with Gasteiger partial charge in [-0.3, -0.25) is 0 Å². The van der Waals surface area contributed by atoms with E-state index in [2.05, 4.69) is 0 Å². The van der Waals surface area contributed by atoms with Crippen LogP contribution in [0.4, 0.5) is 0 Å². The number of nitrogens with two attached hydrogens (primary N) is 1. The molecule has 0 amide bonds. The van der Waals surface area contributed by atoms with Crippen molar-refractivity contribution >= 4 is 0 Å². The van der Waals surface area contributed by atoms with Crippen molar-refractivity contribution in [1.29, 1.82) is 0 Å². The Hall–Kier alpha value is -0.120. The summed E-state index contributed by atoms with van der Waals surface area (Å²) in [6, 6.07) is 0.